The summed E-state index contributed by atoms with van der Waals surface area (Å²) >= 11 is 0. The Balaban J connectivity index is 1.89. The number of aryl methyl sites for hydroxylation is 1. The number of carbonyl (C=O) groups excluding carboxylic acids is 1. The fourth-order valence-corrected chi connectivity index (χ4v) is 3.25. The van der Waals surface area contributed by atoms with Crippen LogP contribution in [-0.4, -0.2) is 16.9 Å². The van der Waals surface area contributed by atoms with E-state index in [0.717, 1.165) is 34.9 Å². The van der Waals surface area contributed by atoms with Crippen molar-refractivity contribution in [3.05, 3.63) is 35.7 Å². The topological polar surface area (TPSA) is 68.0 Å². The van der Waals surface area contributed by atoms with Crippen LogP contribution >= 0.6 is 0 Å². The number of benzene rings is 1. The highest BCUT2D eigenvalue weighted by Gasteiger charge is 2.18. The van der Waals surface area contributed by atoms with Crippen LogP contribution in [0.4, 0.5) is 5.69 Å². The lowest BCUT2D eigenvalue weighted by molar-refractivity contribution is 0.0930. The number of nitrogens with zero attached hydrogens (tertiary/aromatic N) is 1. The van der Waals surface area contributed by atoms with Crippen LogP contribution in [0.5, 0.6) is 0 Å². The summed E-state index contributed by atoms with van der Waals surface area (Å²) in [5.74, 6) is -0.0826. The number of anilines is 1. The highest BCUT2D eigenvalue weighted by Crippen LogP contribution is 2.26. The number of aromatic nitrogens is 1. The van der Waals surface area contributed by atoms with Crippen molar-refractivity contribution in [2.45, 2.75) is 51.5 Å². The van der Waals surface area contributed by atoms with E-state index in [4.69, 9.17) is 5.73 Å². The van der Waals surface area contributed by atoms with Gasteiger partial charge in [-0.05, 0) is 31.4 Å². The second-order valence-electron chi connectivity index (χ2n) is 6.21. The lowest BCUT2D eigenvalue weighted by Gasteiger charge is -2.17. The molecule has 0 atom stereocenters. The number of hydrogen-bond acceptors (Lipinski definition) is 3. The SMILES string of the molecule is Cc1ccc2c(C(=O)NC3CCCCCC3)nccc2c1N. The van der Waals surface area contributed by atoms with E-state index in [2.05, 4.69) is 10.3 Å². The number of nitrogens with two attached hydrogens (primary N) is 1. The molecule has 1 aliphatic carbocycles. The van der Waals surface area contributed by atoms with Crippen molar-refractivity contribution in [1.29, 1.82) is 0 Å². The molecule has 4 heteroatoms. The molecule has 1 saturated carbocycles. The average Bonchev–Trinajstić information content (AvgIpc) is 2.79. The predicted octanol–water partition coefficient (Wildman–Crippen LogP) is 3.58. The maximum absolute atomic E-state index is 12.6. The summed E-state index contributed by atoms with van der Waals surface area (Å²) in [6.45, 7) is 1.97. The first-order valence-electron chi connectivity index (χ1n) is 8.11. The maximum atomic E-state index is 12.6. The second kappa shape index (κ2) is 6.34. The number of hydrogen-bond donors (Lipinski definition) is 2. The number of pyridine rings is 1. The van der Waals surface area contributed by atoms with Gasteiger partial charge in [-0.25, -0.2) is 0 Å². The molecule has 4 nitrogen and oxygen atoms in total. The van der Waals surface area contributed by atoms with E-state index in [1.807, 2.05) is 25.1 Å². The third kappa shape index (κ3) is 2.91. The van der Waals surface area contributed by atoms with Crippen molar-refractivity contribution in [3.8, 4) is 0 Å². The minimum Gasteiger partial charge on any atom is -0.398 e. The Morgan fingerprint density at radius 3 is 2.59 bits per heavy atom. The molecule has 1 aromatic carbocycles. The molecule has 0 spiro atoms. The largest absolute Gasteiger partial charge is 0.398 e. The maximum Gasteiger partial charge on any atom is 0.270 e. The van der Waals surface area contributed by atoms with Crippen LogP contribution < -0.4 is 11.1 Å². The zero-order valence-corrected chi connectivity index (χ0v) is 13.1. The van der Waals surface area contributed by atoms with Crippen LogP contribution in [0.1, 0.15) is 54.6 Å². The molecule has 1 heterocycles. The molecule has 0 saturated heterocycles. The summed E-state index contributed by atoms with van der Waals surface area (Å²) < 4.78 is 0. The first-order chi connectivity index (χ1) is 10.7. The normalized spacial score (nSPS) is 16.4. The highest BCUT2D eigenvalue weighted by molar-refractivity contribution is 6.08. The smallest absolute Gasteiger partial charge is 0.270 e. The van der Waals surface area contributed by atoms with Gasteiger partial charge in [0.1, 0.15) is 5.69 Å². The fraction of sp³-hybridized carbons (Fsp3) is 0.444. The van der Waals surface area contributed by atoms with Gasteiger partial charge in [0.2, 0.25) is 0 Å². The highest BCUT2D eigenvalue weighted by atomic mass is 16.1. The van der Waals surface area contributed by atoms with Gasteiger partial charge in [0.15, 0.2) is 0 Å². The lowest BCUT2D eigenvalue weighted by Crippen LogP contribution is -2.35. The Morgan fingerprint density at radius 1 is 1.14 bits per heavy atom. The molecule has 1 amide bonds. The third-order valence-electron chi connectivity index (χ3n) is 4.61. The summed E-state index contributed by atoms with van der Waals surface area (Å²) in [4.78, 5) is 16.9. The molecule has 0 radical (unpaired) electrons. The number of nitrogens with one attached hydrogen (secondary N) is 1. The van der Waals surface area contributed by atoms with Crippen LogP contribution in [0.3, 0.4) is 0 Å². The van der Waals surface area contributed by atoms with Gasteiger partial charge < -0.3 is 11.1 Å². The van der Waals surface area contributed by atoms with E-state index >= 15 is 0 Å². The summed E-state index contributed by atoms with van der Waals surface area (Å²) in [5, 5.41) is 4.89. The van der Waals surface area contributed by atoms with Gasteiger partial charge >= 0.3 is 0 Å². The predicted molar refractivity (Wildman–Crippen MR) is 89.8 cm³/mol. The van der Waals surface area contributed by atoms with Gasteiger partial charge in [0.05, 0.1) is 0 Å². The van der Waals surface area contributed by atoms with Crippen molar-refractivity contribution >= 4 is 22.4 Å². The summed E-state index contributed by atoms with van der Waals surface area (Å²) in [5.41, 5.74) is 8.36. The first kappa shape index (κ1) is 14.8. The van der Waals surface area contributed by atoms with Gasteiger partial charge in [0.25, 0.3) is 5.91 Å². The number of fused-ring (bicyclic) bond motifs is 1. The van der Waals surface area contributed by atoms with Gasteiger partial charge in [0, 0.05) is 28.7 Å². The van der Waals surface area contributed by atoms with Crippen LogP contribution in [0.2, 0.25) is 0 Å². The van der Waals surface area contributed by atoms with E-state index in [1.54, 1.807) is 6.20 Å². The Labute approximate surface area is 131 Å². The van der Waals surface area contributed by atoms with Gasteiger partial charge in [-0.2, -0.15) is 0 Å². The standard InChI is InChI=1S/C18H23N3O/c1-12-8-9-15-14(16(12)19)10-11-20-17(15)18(22)21-13-6-4-2-3-5-7-13/h8-11,13H,2-7,19H2,1H3,(H,21,22). The van der Waals surface area contributed by atoms with E-state index in [9.17, 15) is 4.79 Å². The minimum atomic E-state index is -0.0826. The quantitative estimate of drug-likeness (QED) is 0.657. The minimum absolute atomic E-state index is 0.0826. The van der Waals surface area contributed by atoms with Gasteiger partial charge in [-0.1, -0.05) is 37.8 Å². The molecule has 22 heavy (non-hydrogen) atoms. The zero-order valence-electron chi connectivity index (χ0n) is 13.1. The van der Waals surface area contributed by atoms with Gasteiger partial charge in [-0.15, -0.1) is 0 Å². The number of nitrogen functional groups attached to an aromatic ring is 1. The van der Waals surface area contributed by atoms with E-state index in [1.165, 1.54) is 25.7 Å². The number of carbonyl (C=O) groups is 1. The molecule has 3 N–H and O–H groups in total. The van der Waals surface area contributed by atoms with Crippen molar-refractivity contribution in [1.82, 2.24) is 10.3 Å². The van der Waals surface area contributed by atoms with E-state index in [-0.39, 0.29) is 11.9 Å². The van der Waals surface area contributed by atoms with Crippen molar-refractivity contribution < 1.29 is 4.79 Å². The zero-order chi connectivity index (χ0) is 15.5. The molecule has 2 aromatic rings. The monoisotopic (exact) mass is 297 g/mol. The number of rotatable bonds is 2. The van der Waals surface area contributed by atoms with Crippen LogP contribution in [0.25, 0.3) is 10.8 Å². The fourth-order valence-electron chi connectivity index (χ4n) is 3.25. The van der Waals surface area contributed by atoms with Gasteiger partial charge in [-0.3, -0.25) is 9.78 Å². The molecule has 1 aliphatic rings. The van der Waals surface area contributed by atoms with Crippen LogP contribution in [0, 0.1) is 6.92 Å². The lowest BCUT2D eigenvalue weighted by atomic mass is 10.0. The Kier molecular flexibility index (Phi) is 4.27. The third-order valence-corrected chi connectivity index (χ3v) is 4.61. The first-order valence-corrected chi connectivity index (χ1v) is 8.11. The number of amides is 1. The summed E-state index contributed by atoms with van der Waals surface area (Å²) in [7, 11) is 0. The summed E-state index contributed by atoms with van der Waals surface area (Å²) in [6.07, 6.45) is 8.74. The molecule has 0 aliphatic heterocycles. The second-order valence-corrected chi connectivity index (χ2v) is 6.21. The van der Waals surface area contributed by atoms with Crippen molar-refractivity contribution in [3.63, 3.8) is 0 Å². The van der Waals surface area contributed by atoms with Crippen LogP contribution in [0.15, 0.2) is 24.4 Å². The Bertz CT molecular complexity index is 688. The molecule has 116 valence electrons. The van der Waals surface area contributed by atoms with E-state index < -0.39 is 0 Å². The van der Waals surface area contributed by atoms with Crippen LogP contribution in [-0.2, 0) is 0 Å². The Morgan fingerprint density at radius 2 is 1.86 bits per heavy atom. The molecule has 0 unspecified atom stereocenters. The summed E-state index contributed by atoms with van der Waals surface area (Å²) in [6, 6.07) is 6.03. The Hall–Kier alpha value is -2.10. The van der Waals surface area contributed by atoms with Crippen molar-refractivity contribution in [2.24, 2.45) is 0 Å². The molecule has 0 bridgehead atoms. The van der Waals surface area contributed by atoms with Crippen molar-refractivity contribution in [2.75, 3.05) is 5.73 Å². The molecule has 1 fully saturated rings. The molecule has 3 rings (SSSR count). The van der Waals surface area contributed by atoms with E-state index in [0.29, 0.717) is 5.69 Å². The average molecular weight is 297 g/mol. The molecular formula is C18H23N3O. The molecular weight excluding hydrogens is 274 g/mol. The molecule has 1 aromatic heterocycles.